The highest BCUT2D eigenvalue weighted by Gasteiger charge is 1.98. The SMILES string of the molecule is Nc1ccnc(Cn2cnccc2=O)c1. The average molecular weight is 202 g/mol. The van der Waals surface area contributed by atoms with Crippen molar-refractivity contribution in [1.82, 2.24) is 14.5 Å². The van der Waals surface area contributed by atoms with E-state index in [0.717, 1.165) is 5.69 Å². The molecular formula is C10H10N4O. The summed E-state index contributed by atoms with van der Waals surface area (Å²) in [7, 11) is 0. The molecule has 2 N–H and O–H groups in total. The van der Waals surface area contributed by atoms with Gasteiger partial charge >= 0.3 is 0 Å². The first-order valence-electron chi connectivity index (χ1n) is 4.46. The van der Waals surface area contributed by atoms with Crippen molar-refractivity contribution < 1.29 is 0 Å². The Balaban J connectivity index is 2.30. The van der Waals surface area contributed by atoms with Crippen LogP contribution in [0.1, 0.15) is 5.69 Å². The highest BCUT2D eigenvalue weighted by molar-refractivity contribution is 5.37. The van der Waals surface area contributed by atoms with E-state index in [0.29, 0.717) is 12.2 Å². The van der Waals surface area contributed by atoms with E-state index in [4.69, 9.17) is 5.73 Å². The molecule has 2 aromatic rings. The van der Waals surface area contributed by atoms with Gasteiger partial charge in [-0.3, -0.25) is 14.3 Å². The van der Waals surface area contributed by atoms with Gasteiger partial charge in [0.1, 0.15) is 0 Å². The van der Waals surface area contributed by atoms with Crippen LogP contribution in [0.25, 0.3) is 0 Å². The number of rotatable bonds is 2. The zero-order valence-electron chi connectivity index (χ0n) is 8.00. The lowest BCUT2D eigenvalue weighted by molar-refractivity contribution is 0.719. The third-order valence-corrected chi connectivity index (χ3v) is 1.97. The van der Waals surface area contributed by atoms with Gasteiger partial charge in [0.25, 0.3) is 5.56 Å². The quantitative estimate of drug-likeness (QED) is 0.758. The maximum Gasteiger partial charge on any atom is 0.253 e. The van der Waals surface area contributed by atoms with Crippen molar-refractivity contribution in [1.29, 1.82) is 0 Å². The molecule has 0 bridgehead atoms. The molecule has 0 aromatic carbocycles. The van der Waals surface area contributed by atoms with E-state index >= 15 is 0 Å². The molecule has 0 fully saturated rings. The lowest BCUT2D eigenvalue weighted by Gasteiger charge is -2.03. The first-order chi connectivity index (χ1) is 7.25. The fraction of sp³-hybridized carbons (Fsp3) is 0.100. The second-order valence-corrected chi connectivity index (χ2v) is 3.13. The molecular weight excluding hydrogens is 192 g/mol. The predicted molar refractivity (Wildman–Crippen MR) is 56.2 cm³/mol. The van der Waals surface area contributed by atoms with Gasteiger partial charge in [0.15, 0.2) is 0 Å². The van der Waals surface area contributed by atoms with Crippen LogP contribution < -0.4 is 11.3 Å². The zero-order chi connectivity index (χ0) is 10.7. The number of nitrogens with two attached hydrogens (primary N) is 1. The molecule has 2 heterocycles. The van der Waals surface area contributed by atoms with Crippen molar-refractivity contribution in [2.24, 2.45) is 0 Å². The highest BCUT2D eigenvalue weighted by Crippen LogP contribution is 2.03. The zero-order valence-corrected chi connectivity index (χ0v) is 8.00. The highest BCUT2D eigenvalue weighted by atomic mass is 16.1. The molecule has 0 unspecified atom stereocenters. The van der Waals surface area contributed by atoms with Crippen LogP contribution in [0.4, 0.5) is 5.69 Å². The molecule has 0 spiro atoms. The molecule has 2 rings (SSSR count). The van der Waals surface area contributed by atoms with Crippen molar-refractivity contribution in [3.05, 3.63) is 53.0 Å². The van der Waals surface area contributed by atoms with Gasteiger partial charge in [-0.15, -0.1) is 0 Å². The summed E-state index contributed by atoms with van der Waals surface area (Å²) in [5.41, 5.74) is 6.88. The van der Waals surface area contributed by atoms with Crippen LogP contribution in [0.2, 0.25) is 0 Å². The first-order valence-corrected chi connectivity index (χ1v) is 4.46. The Hall–Kier alpha value is -2.17. The largest absolute Gasteiger partial charge is 0.399 e. The van der Waals surface area contributed by atoms with Crippen LogP contribution >= 0.6 is 0 Å². The molecule has 0 aliphatic rings. The summed E-state index contributed by atoms with van der Waals surface area (Å²) in [6.45, 7) is 0.387. The van der Waals surface area contributed by atoms with Gasteiger partial charge in [-0.1, -0.05) is 0 Å². The summed E-state index contributed by atoms with van der Waals surface area (Å²) in [5.74, 6) is 0. The lowest BCUT2D eigenvalue weighted by atomic mass is 10.3. The maximum atomic E-state index is 11.4. The molecule has 0 amide bonds. The minimum absolute atomic E-state index is 0.103. The van der Waals surface area contributed by atoms with E-state index in [1.165, 1.54) is 23.2 Å². The number of aromatic nitrogens is 3. The van der Waals surface area contributed by atoms with Crippen molar-refractivity contribution in [2.45, 2.75) is 6.54 Å². The fourth-order valence-electron chi connectivity index (χ4n) is 1.25. The van der Waals surface area contributed by atoms with E-state index in [9.17, 15) is 4.79 Å². The molecule has 0 saturated heterocycles. The van der Waals surface area contributed by atoms with Gasteiger partial charge in [0, 0.05) is 24.1 Å². The Morgan fingerprint density at radius 2 is 2.20 bits per heavy atom. The van der Waals surface area contributed by atoms with Crippen LogP contribution in [0, 0.1) is 0 Å². The van der Waals surface area contributed by atoms with Crippen molar-refractivity contribution in [2.75, 3.05) is 5.73 Å². The summed E-state index contributed by atoms with van der Waals surface area (Å²) in [5, 5.41) is 0. The normalized spacial score (nSPS) is 10.1. The standard InChI is InChI=1S/C10H10N4O/c11-8-1-4-13-9(5-8)6-14-7-12-3-2-10(14)15/h1-5,7H,6H2,(H2,11,13). The number of hydrogen-bond acceptors (Lipinski definition) is 4. The predicted octanol–water partition coefficient (Wildman–Crippen LogP) is 0.269. The lowest BCUT2D eigenvalue weighted by Crippen LogP contribution is -2.19. The Bertz CT molecular complexity index is 521. The third-order valence-electron chi connectivity index (χ3n) is 1.97. The Morgan fingerprint density at radius 3 is 2.93 bits per heavy atom. The molecule has 0 radical (unpaired) electrons. The molecule has 2 aromatic heterocycles. The number of nitrogen functional groups attached to an aromatic ring is 1. The van der Waals surface area contributed by atoms with Crippen molar-refractivity contribution in [3.63, 3.8) is 0 Å². The van der Waals surface area contributed by atoms with E-state index in [1.54, 1.807) is 18.3 Å². The van der Waals surface area contributed by atoms with Crippen molar-refractivity contribution >= 4 is 5.69 Å². The summed E-state index contributed by atoms with van der Waals surface area (Å²) in [4.78, 5) is 19.3. The van der Waals surface area contributed by atoms with Crippen LogP contribution in [-0.4, -0.2) is 14.5 Å². The molecule has 5 nitrogen and oxygen atoms in total. The Kier molecular flexibility index (Phi) is 2.45. The van der Waals surface area contributed by atoms with Gasteiger partial charge in [0.2, 0.25) is 0 Å². The van der Waals surface area contributed by atoms with E-state index in [1.807, 2.05) is 0 Å². The second kappa shape index (κ2) is 3.91. The van der Waals surface area contributed by atoms with Crippen LogP contribution in [0.5, 0.6) is 0 Å². The Morgan fingerprint density at radius 1 is 1.33 bits per heavy atom. The first kappa shape index (κ1) is 9.39. The summed E-state index contributed by atoms with van der Waals surface area (Å²) in [6.07, 6.45) is 4.56. The molecule has 0 atom stereocenters. The molecule has 15 heavy (non-hydrogen) atoms. The summed E-state index contributed by atoms with van der Waals surface area (Å²) >= 11 is 0. The molecule has 76 valence electrons. The molecule has 0 aliphatic heterocycles. The minimum atomic E-state index is -0.103. The van der Waals surface area contributed by atoms with Crippen molar-refractivity contribution in [3.8, 4) is 0 Å². The molecule has 0 aliphatic carbocycles. The Labute approximate surface area is 86.2 Å². The van der Waals surface area contributed by atoms with Gasteiger partial charge < -0.3 is 5.73 Å². The van der Waals surface area contributed by atoms with E-state index < -0.39 is 0 Å². The van der Waals surface area contributed by atoms with Gasteiger partial charge in [-0.2, -0.15) is 0 Å². The number of hydrogen-bond donors (Lipinski definition) is 1. The van der Waals surface area contributed by atoms with E-state index in [-0.39, 0.29) is 5.56 Å². The number of nitrogens with zero attached hydrogens (tertiary/aromatic N) is 3. The number of anilines is 1. The number of pyridine rings is 1. The topological polar surface area (TPSA) is 73.8 Å². The van der Waals surface area contributed by atoms with Gasteiger partial charge in [-0.25, -0.2) is 4.98 Å². The average Bonchev–Trinajstić information content (AvgIpc) is 2.22. The minimum Gasteiger partial charge on any atom is -0.399 e. The van der Waals surface area contributed by atoms with Crippen LogP contribution in [-0.2, 0) is 6.54 Å². The molecule has 5 heteroatoms. The maximum absolute atomic E-state index is 11.4. The monoisotopic (exact) mass is 202 g/mol. The summed E-state index contributed by atoms with van der Waals surface area (Å²) in [6, 6.07) is 4.85. The van der Waals surface area contributed by atoms with E-state index in [2.05, 4.69) is 9.97 Å². The third kappa shape index (κ3) is 2.19. The smallest absolute Gasteiger partial charge is 0.253 e. The van der Waals surface area contributed by atoms with Gasteiger partial charge in [-0.05, 0) is 12.1 Å². The fourth-order valence-corrected chi connectivity index (χ4v) is 1.25. The van der Waals surface area contributed by atoms with Crippen LogP contribution in [0.15, 0.2) is 41.7 Å². The van der Waals surface area contributed by atoms with Gasteiger partial charge in [0.05, 0.1) is 18.6 Å². The summed E-state index contributed by atoms with van der Waals surface area (Å²) < 4.78 is 1.47. The van der Waals surface area contributed by atoms with Crippen LogP contribution in [0.3, 0.4) is 0 Å². The molecule has 0 saturated carbocycles. The second-order valence-electron chi connectivity index (χ2n) is 3.13.